The highest BCUT2D eigenvalue weighted by Gasteiger charge is 2.32. The molecule has 0 radical (unpaired) electrons. The molecule has 0 bridgehead atoms. The zero-order chi connectivity index (χ0) is 23.8. The Labute approximate surface area is 195 Å². The number of benzene rings is 2. The first-order valence-corrected chi connectivity index (χ1v) is 13.0. The van der Waals surface area contributed by atoms with Crippen LogP contribution in [0.25, 0.3) is 10.9 Å². The molecule has 0 spiro atoms. The second kappa shape index (κ2) is 9.41. The molecule has 33 heavy (non-hydrogen) atoms. The first kappa shape index (κ1) is 23.7. The van der Waals surface area contributed by atoms with Crippen molar-refractivity contribution in [3.8, 4) is 0 Å². The Morgan fingerprint density at radius 3 is 2.45 bits per heavy atom. The molecule has 7 heteroatoms. The van der Waals surface area contributed by atoms with Gasteiger partial charge in [-0.25, -0.2) is 8.42 Å². The number of hydrogen-bond donors (Lipinski definition) is 1. The van der Waals surface area contributed by atoms with Gasteiger partial charge in [0.05, 0.1) is 11.0 Å². The van der Waals surface area contributed by atoms with Crippen LogP contribution in [-0.4, -0.2) is 37.0 Å². The highest BCUT2D eigenvalue weighted by atomic mass is 32.2. The van der Waals surface area contributed by atoms with E-state index in [0.29, 0.717) is 28.2 Å². The van der Waals surface area contributed by atoms with Crippen molar-refractivity contribution in [1.29, 1.82) is 0 Å². The molecule has 1 N–H and O–H groups in total. The first-order valence-electron chi connectivity index (χ1n) is 11.5. The molecule has 1 fully saturated rings. The van der Waals surface area contributed by atoms with Crippen molar-refractivity contribution in [2.24, 2.45) is 0 Å². The van der Waals surface area contributed by atoms with Gasteiger partial charge in [-0.05, 0) is 80.3 Å². The Balaban J connectivity index is 1.78. The maximum atomic E-state index is 13.9. The van der Waals surface area contributed by atoms with Gasteiger partial charge in [-0.15, -0.1) is 0 Å². The van der Waals surface area contributed by atoms with Crippen molar-refractivity contribution in [2.75, 3.05) is 13.2 Å². The minimum absolute atomic E-state index is 0.00340. The minimum atomic E-state index is -3.85. The van der Waals surface area contributed by atoms with Crippen LogP contribution in [0.15, 0.2) is 46.1 Å². The molecule has 0 amide bonds. The highest BCUT2D eigenvalue weighted by molar-refractivity contribution is 7.89. The Kier molecular flexibility index (Phi) is 6.75. The molecule has 176 valence electrons. The molecule has 0 unspecified atom stereocenters. The third-order valence-electron chi connectivity index (χ3n) is 6.37. The van der Waals surface area contributed by atoms with E-state index in [4.69, 9.17) is 4.74 Å². The lowest BCUT2D eigenvalue weighted by Gasteiger charge is -2.26. The predicted octanol–water partition coefficient (Wildman–Crippen LogP) is 4.39. The summed E-state index contributed by atoms with van der Waals surface area (Å²) in [7, 11) is -3.85. The fourth-order valence-corrected chi connectivity index (χ4v) is 6.66. The maximum absolute atomic E-state index is 13.9. The van der Waals surface area contributed by atoms with Crippen LogP contribution in [0.5, 0.6) is 0 Å². The summed E-state index contributed by atoms with van der Waals surface area (Å²) in [6, 6.07) is 11.5. The van der Waals surface area contributed by atoms with E-state index >= 15 is 0 Å². The zero-order valence-electron chi connectivity index (χ0n) is 19.8. The third kappa shape index (κ3) is 4.90. The molecule has 1 atom stereocenters. The molecule has 2 heterocycles. The number of aromatic amines is 1. The monoisotopic (exact) mass is 468 g/mol. The minimum Gasteiger partial charge on any atom is -0.377 e. The normalized spacial score (nSPS) is 16.7. The van der Waals surface area contributed by atoms with Crippen molar-refractivity contribution in [1.82, 2.24) is 9.29 Å². The Morgan fingerprint density at radius 1 is 1.09 bits per heavy atom. The molecule has 0 saturated carbocycles. The molecular weight excluding hydrogens is 436 g/mol. The molecule has 4 rings (SSSR count). The second-order valence-corrected chi connectivity index (χ2v) is 10.9. The average Bonchev–Trinajstić information content (AvgIpc) is 3.25. The summed E-state index contributed by atoms with van der Waals surface area (Å²) in [5, 5.41) is 0.904. The van der Waals surface area contributed by atoms with Gasteiger partial charge in [0.2, 0.25) is 10.0 Å². The number of hydrogen-bond acceptors (Lipinski definition) is 4. The summed E-state index contributed by atoms with van der Waals surface area (Å²) in [5.41, 5.74) is 4.52. The van der Waals surface area contributed by atoms with Crippen LogP contribution in [0, 0.1) is 20.8 Å². The van der Waals surface area contributed by atoms with E-state index in [-0.39, 0.29) is 24.8 Å². The highest BCUT2D eigenvalue weighted by Crippen LogP contribution is 2.28. The lowest BCUT2D eigenvalue weighted by molar-refractivity contribution is 0.0925. The van der Waals surface area contributed by atoms with E-state index in [1.165, 1.54) is 4.31 Å². The summed E-state index contributed by atoms with van der Waals surface area (Å²) < 4.78 is 35.0. The van der Waals surface area contributed by atoms with E-state index < -0.39 is 10.0 Å². The first-order chi connectivity index (χ1) is 15.7. The average molecular weight is 469 g/mol. The van der Waals surface area contributed by atoms with Gasteiger partial charge in [-0.2, -0.15) is 4.31 Å². The number of rotatable bonds is 7. The number of pyridine rings is 1. The van der Waals surface area contributed by atoms with Gasteiger partial charge in [-0.3, -0.25) is 4.79 Å². The van der Waals surface area contributed by atoms with Gasteiger partial charge < -0.3 is 9.72 Å². The number of sulfonamides is 1. The third-order valence-corrected chi connectivity index (χ3v) is 8.49. The number of fused-ring (bicyclic) bond motifs is 1. The smallest absolute Gasteiger partial charge is 0.252 e. The summed E-state index contributed by atoms with van der Waals surface area (Å²) in [4.78, 5) is 16.1. The van der Waals surface area contributed by atoms with Gasteiger partial charge >= 0.3 is 0 Å². The van der Waals surface area contributed by atoms with E-state index in [9.17, 15) is 13.2 Å². The lowest BCUT2D eigenvalue weighted by Crippen LogP contribution is -2.38. The molecule has 1 aromatic heterocycles. The fraction of sp³-hybridized carbons (Fsp3) is 0.423. The number of H-pyrrole nitrogens is 1. The van der Waals surface area contributed by atoms with Crippen LogP contribution in [0.3, 0.4) is 0 Å². The number of aromatic nitrogens is 1. The van der Waals surface area contributed by atoms with Crippen LogP contribution in [0.2, 0.25) is 0 Å². The Morgan fingerprint density at radius 2 is 1.82 bits per heavy atom. The van der Waals surface area contributed by atoms with Crippen LogP contribution in [-0.2, 0) is 27.7 Å². The lowest BCUT2D eigenvalue weighted by atomic mass is 10.1. The molecule has 2 aromatic carbocycles. The fourth-order valence-electron chi connectivity index (χ4n) is 4.79. The standard InChI is InChI=1S/C26H32N2O4S/c1-5-20-8-9-24-21(13-20)14-22(26(29)27-24)15-28(16-23-7-6-10-32-23)33(30,31)25-18(3)11-17(2)12-19(25)4/h8-9,11-14,23H,5-7,10,15-16H2,1-4H3,(H,27,29)/t23-/m1/s1. The van der Waals surface area contributed by atoms with Crippen molar-refractivity contribution < 1.29 is 13.2 Å². The quantitative estimate of drug-likeness (QED) is 0.558. The van der Waals surface area contributed by atoms with Crippen LogP contribution < -0.4 is 5.56 Å². The molecule has 6 nitrogen and oxygen atoms in total. The molecular formula is C26H32N2O4S. The number of nitrogens with one attached hydrogen (secondary N) is 1. The van der Waals surface area contributed by atoms with Gasteiger partial charge in [0, 0.05) is 30.8 Å². The zero-order valence-corrected chi connectivity index (χ0v) is 20.6. The molecule has 1 aliphatic rings. The van der Waals surface area contributed by atoms with Gasteiger partial charge in [0.15, 0.2) is 0 Å². The maximum Gasteiger partial charge on any atom is 0.252 e. The van der Waals surface area contributed by atoms with Crippen molar-refractivity contribution >= 4 is 20.9 Å². The molecule has 1 aliphatic heterocycles. The SMILES string of the molecule is CCc1ccc2[nH]c(=O)c(CN(C[C@H]3CCCO3)S(=O)(=O)c3c(C)cc(C)cc3C)cc2c1. The van der Waals surface area contributed by atoms with Crippen LogP contribution in [0.1, 0.15) is 47.6 Å². The van der Waals surface area contributed by atoms with Crippen molar-refractivity contribution in [3.05, 3.63) is 74.6 Å². The van der Waals surface area contributed by atoms with E-state index in [1.54, 1.807) is 0 Å². The van der Waals surface area contributed by atoms with Crippen LogP contribution >= 0.6 is 0 Å². The molecule has 1 saturated heterocycles. The summed E-state index contributed by atoms with van der Waals surface area (Å²) in [6.07, 6.45) is 2.44. The van der Waals surface area contributed by atoms with Gasteiger partial charge in [0.25, 0.3) is 5.56 Å². The van der Waals surface area contributed by atoms with E-state index in [2.05, 4.69) is 11.9 Å². The summed E-state index contributed by atoms with van der Waals surface area (Å²) in [5.74, 6) is 0. The van der Waals surface area contributed by atoms with E-state index in [1.807, 2.05) is 57.2 Å². The van der Waals surface area contributed by atoms with Gasteiger partial charge in [0.1, 0.15) is 0 Å². The number of ether oxygens (including phenoxy) is 1. The topological polar surface area (TPSA) is 79.5 Å². The van der Waals surface area contributed by atoms with Gasteiger partial charge in [-0.1, -0.05) is 30.7 Å². The number of aryl methyl sites for hydroxylation is 4. The van der Waals surface area contributed by atoms with Crippen molar-refractivity contribution in [2.45, 2.75) is 64.5 Å². The summed E-state index contributed by atoms with van der Waals surface area (Å²) >= 11 is 0. The second-order valence-electron chi connectivity index (χ2n) is 9.06. The van der Waals surface area contributed by atoms with Crippen molar-refractivity contribution in [3.63, 3.8) is 0 Å². The molecule has 0 aliphatic carbocycles. The van der Waals surface area contributed by atoms with Crippen LogP contribution in [0.4, 0.5) is 0 Å². The summed E-state index contributed by atoms with van der Waals surface area (Å²) in [6.45, 7) is 8.55. The van der Waals surface area contributed by atoms with E-state index in [0.717, 1.165) is 41.3 Å². The largest absolute Gasteiger partial charge is 0.377 e. The Hall–Kier alpha value is -2.48. The molecule has 3 aromatic rings. The number of nitrogens with zero attached hydrogens (tertiary/aromatic N) is 1. The Bertz CT molecular complexity index is 1320. The predicted molar refractivity (Wildman–Crippen MR) is 131 cm³/mol.